The van der Waals surface area contributed by atoms with E-state index < -0.39 is 29.9 Å². The normalized spacial score (nSPS) is 15.7. The minimum Gasteiger partial charge on any atom is -0.497 e. The van der Waals surface area contributed by atoms with Crippen LogP contribution in [0.2, 0.25) is 0 Å². The number of ether oxygens (including phenoxy) is 2. The topological polar surface area (TPSA) is 105 Å². The predicted molar refractivity (Wildman–Crippen MR) is 107 cm³/mol. The molecule has 1 heterocycles. The molecule has 0 aromatic heterocycles. The van der Waals surface area contributed by atoms with Crippen LogP contribution < -0.4 is 15.1 Å². The van der Waals surface area contributed by atoms with Crippen molar-refractivity contribution in [2.24, 2.45) is 0 Å². The molecule has 1 fully saturated rings. The Balaban J connectivity index is 1.92. The van der Waals surface area contributed by atoms with Gasteiger partial charge in [-0.15, -0.1) is 0 Å². The summed E-state index contributed by atoms with van der Waals surface area (Å²) < 4.78 is 10.00. The molecule has 2 aromatic carbocycles. The molecule has 0 bridgehead atoms. The van der Waals surface area contributed by atoms with Crippen molar-refractivity contribution in [1.29, 1.82) is 0 Å². The molecule has 0 spiro atoms. The molecule has 0 radical (unpaired) electrons. The van der Waals surface area contributed by atoms with E-state index >= 15 is 0 Å². The molecule has 1 aliphatic rings. The Morgan fingerprint density at radius 2 is 1.87 bits per heavy atom. The zero-order valence-corrected chi connectivity index (χ0v) is 16.5. The number of anilines is 1. The van der Waals surface area contributed by atoms with E-state index in [-0.39, 0.29) is 18.6 Å². The van der Waals surface area contributed by atoms with E-state index in [0.717, 1.165) is 9.91 Å². The Morgan fingerprint density at radius 1 is 1.13 bits per heavy atom. The van der Waals surface area contributed by atoms with E-state index in [4.69, 9.17) is 9.47 Å². The van der Waals surface area contributed by atoms with Gasteiger partial charge in [-0.05, 0) is 31.2 Å². The van der Waals surface area contributed by atoms with E-state index in [1.54, 1.807) is 61.5 Å². The first kappa shape index (κ1) is 20.8. The van der Waals surface area contributed by atoms with Gasteiger partial charge in [0.05, 0.1) is 25.8 Å². The molecule has 4 amide bonds. The fourth-order valence-electron chi connectivity index (χ4n) is 3.09. The lowest BCUT2D eigenvalue weighted by molar-refractivity contribution is -0.122. The standard InChI is InChI=1S/C21H21N3O6/c1-3-30-21(28)22-24(19(26)14-8-5-4-6-9-14)17-13-18(25)23(20(17)27)15-10-7-11-16(12-15)29-2/h4-12,17H,3,13H2,1-2H3,(H,22,28). The molecule has 0 saturated carbocycles. The van der Waals surface area contributed by atoms with E-state index in [9.17, 15) is 19.2 Å². The zero-order valence-electron chi connectivity index (χ0n) is 16.5. The van der Waals surface area contributed by atoms with Crippen LogP contribution in [-0.4, -0.2) is 48.6 Å². The largest absolute Gasteiger partial charge is 0.497 e. The molecule has 156 valence electrons. The smallest absolute Gasteiger partial charge is 0.426 e. The first-order valence-corrected chi connectivity index (χ1v) is 9.29. The molecular formula is C21H21N3O6. The van der Waals surface area contributed by atoms with Crippen molar-refractivity contribution < 1.29 is 28.7 Å². The average Bonchev–Trinajstić information content (AvgIpc) is 3.06. The Morgan fingerprint density at radius 3 is 2.53 bits per heavy atom. The maximum atomic E-state index is 13.1. The van der Waals surface area contributed by atoms with E-state index in [0.29, 0.717) is 11.4 Å². The van der Waals surface area contributed by atoms with Gasteiger partial charge < -0.3 is 9.47 Å². The lowest BCUT2D eigenvalue weighted by atomic mass is 10.1. The van der Waals surface area contributed by atoms with E-state index in [2.05, 4.69) is 5.43 Å². The van der Waals surface area contributed by atoms with Crippen LogP contribution in [0.3, 0.4) is 0 Å². The molecule has 30 heavy (non-hydrogen) atoms. The van der Waals surface area contributed by atoms with Gasteiger partial charge in [0.25, 0.3) is 11.8 Å². The first-order valence-electron chi connectivity index (χ1n) is 9.29. The maximum Gasteiger partial charge on any atom is 0.426 e. The number of imide groups is 1. The van der Waals surface area contributed by atoms with Gasteiger partial charge in [0.1, 0.15) is 11.8 Å². The highest BCUT2D eigenvalue weighted by molar-refractivity contribution is 6.23. The van der Waals surface area contributed by atoms with E-state index in [1.165, 1.54) is 7.11 Å². The molecule has 1 N–H and O–H groups in total. The van der Waals surface area contributed by atoms with Crippen molar-refractivity contribution in [2.75, 3.05) is 18.6 Å². The van der Waals surface area contributed by atoms with Crippen molar-refractivity contribution in [1.82, 2.24) is 10.4 Å². The second kappa shape index (κ2) is 9.08. The van der Waals surface area contributed by atoms with Crippen LogP contribution in [0.25, 0.3) is 0 Å². The second-order valence-corrected chi connectivity index (χ2v) is 6.36. The molecule has 0 aliphatic carbocycles. The molecular weight excluding hydrogens is 390 g/mol. The summed E-state index contributed by atoms with van der Waals surface area (Å²) in [5.74, 6) is -1.31. The molecule has 1 saturated heterocycles. The van der Waals surface area contributed by atoms with Crippen LogP contribution in [0.5, 0.6) is 5.75 Å². The quantitative estimate of drug-likeness (QED) is 0.597. The molecule has 1 atom stereocenters. The highest BCUT2D eigenvalue weighted by Gasteiger charge is 2.45. The third kappa shape index (κ3) is 4.24. The molecule has 9 heteroatoms. The summed E-state index contributed by atoms with van der Waals surface area (Å²) in [4.78, 5) is 51.8. The third-order valence-electron chi connectivity index (χ3n) is 4.47. The molecule has 2 aromatic rings. The summed E-state index contributed by atoms with van der Waals surface area (Å²) >= 11 is 0. The van der Waals surface area contributed by atoms with Gasteiger partial charge in [0.15, 0.2) is 0 Å². The number of hydrogen-bond acceptors (Lipinski definition) is 6. The van der Waals surface area contributed by atoms with Gasteiger partial charge >= 0.3 is 6.09 Å². The number of carbonyl (C=O) groups is 4. The van der Waals surface area contributed by atoms with Crippen LogP contribution in [-0.2, 0) is 14.3 Å². The average molecular weight is 411 g/mol. The first-order chi connectivity index (χ1) is 14.5. The van der Waals surface area contributed by atoms with Crippen LogP contribution in [0.15, 0.2) is 54.6 Å². The van der Waals surface area contributed by atoms with Gasteiger partial charge in [-0.3, -0.25) is 14.4 Å². The fourth-order valence-corrected chi connectivity index (χ4v) is 3.09. The number of methoxy groups -OCH3 is 1. The number of carbonyl (C=O) groups excluding carboxylic acids is 4. The summed E-state index contributed by atoms with van der Waals surface area (Å²) in [6.07, 6.45) is -1.19. The van der Waals surface area contributed by atoms with Crippen LogP contribution in [0.1, 0.15) is 23.7 Å². The van der Waals surface area contributed by atoms with Gasteiger partial charge in [0, 0.05) is 11.6 Å². The Labute approximate surface area is 173 Å². The highest BCUT2D eigenvalue weighted by Crippen LogP contribution is 2.28. The predicted octanol–water partition coefficient (Wildman–Crippen LogP) is 2.13. The third-order valence-corrected chi connectivity index (χ3v) is 4.47. The Hall–Kier alpha value is -3.88. The van der Waals surface area contributed by atoms with Crippen LogP contribution in [0.4, 0.5) is 10.5 Å². The van der Waals surface area contributed by atoms with Crippen LogP contribution in [0, 0.1) is 0 Å². The van der Waals surface area contributed by atoms with Gasteiger partial charge in [-0.2, -0.15) is 0 Å². The lowest BCUT2D eigenvalue weighted by Gasteiger charge is -2.27. The molecule has 1 aliphatic heterocycles. The van der Waals surface area contributed by atoms with Crippen LogP contribution >= 0.6 is 0 Å². The second-order valence-electron chi connectivity index (χ2n) is 6.36. The number of benzene rings is 2. The molecule has 9 nitrogen and oxygen atoms in total. The van der Waals surface area contributed by atoms with Gasteiger partial charge in [0.2, 0.25) is 5.91 Å². The highest BCUT2D eigenvalue weighted by atomic mass is 16.6. The van der Waals surface area contributed by atoms with E-state index in [1.807, 2.05) is 0 Å². The number of nitrogens with zero attached hydrogens (tertiary/aromatic N) is 2. The summed E-state index contributed by atoms with van der Waals surface area (Å²) in [6, 6.07) is 13.4. The fraction of sp³-hybridized carbons (Fsp3) is 0.238. The Bertz CT molecular complexity index is 962. The SMILES string of the molecule is CCOC(=O)NN(C(=O)c1ccccc1)C1CC(=O)N(c2cccc(OC)c2)C1=O. The molecule has 1 unspecified atom stereocenters. The number of hydrogen-bond donors (Lipinski definition) is 1. The summed E-state index contributed by atoms with van der Waals surface area (Å²) in [5, 5.41) is 0.855. The number of rotatable bonds is 5. The summed E-state index contributed by atoms with van der Waals surface area (Å²) in [7, 11) is 1.47. The van der Waals surface area contributed by atoms with Gasteiger partial charge in [-0.25, -0.2) is 20.1 Å². The minimum absolute atomic E-state index is 0.0761. The van der Waals surface area contributed by atoms with Gasteiger partial charge in [-0.1, -0.05) is 24.3 Å². The molecule has 3 rings (SSSR count). The summed E-state index contributed by atoms with van der Waals surface area (Å²) in [5.41, 5.74) is 2.86. The van der Waals surface area contributed by atoms with Crippen molar-refractivity contribution in [3.05, 3.63) is 60.2 Å². The van der Waals surface area contributed by atoms with Crippen molar-refractivity contribution in [2.45, 2.75) is 19.4 Å². The minimum atomic E-state index is -1.22. The van der Waals surface area contributed by atoms with Crippen molar-refractivity contribution in [3.8, 4) is 5.75 Å². The Kier molecular flexibility index (Phi) is 6.31. The number of hydrazine groups is 1. The van der Waals surface area contributed by atoms with Crippen molar-refractivity contribution in [3.63, 3.8) is 0 Å². The maximum absolute atomic E-state index is 13.1. The lowest BCUT2D eigenvalue weighted by Crippen LogP contribution is -2.54. The number of amides is 4. The monoisotopic (exact) mass is 411 g/mol. The zero-order chi connectivity index (χ0) is 21.7. The van der Waals surface area contributed by atoms with Crippen molar-refractivity contribution >= 4 is 29.5 Å². The summed E-state index contributed by atoms with van der Waals surface area (Å²) in [6.45, 7) is 1.68. The number of nitrogens with one attached hydrogen (secondary N) is 1.